The lowest BCUT2D eigenvalue weighted by Crippen LogP contribution is -2.37. The molecule has 0 radical (unpaired) electrons. The predicted octanol–water partition coefficient (Wildman–Crippen LogP) is 1.35. The van der Waals surface area contributed by atoms with Crippen LogP contribution in [0, 0.1) is 5.41 Å². The molecule has 0 spiro atoms. The molecule has 1 fully saturated rings. The van der Waals surface area contributed by atoms with Gasteiger partial charge in [-0.2, -0.15) is 0 Å². The SMILES string of the molecule is COC(=O)[C@H](Cc1cnc[nH]1)N=CCC1OCC(C)(C)CO1. The highest BCUT2D eigenvalue weighted by atomic mass is 16.7. The molecule has 122 valence electrons. The zero-order valence-corrected chi connectivity index (χ0v) is 13.2. The Hall–Kier alpha value is -1.73. The van der Waals surface area contributed by atoms with Gasteiger partial charge in [-0.3, -0.25) is 4.99 Å². The molecule has 0 aromatic carbocycles. The Morgan fingerprint density at radius 1 is 1.59 bits per heavy atom. The smallest absolute Gasteiger partial charge is 0.330 e. The quantitative estimate of drug-likeness (QED) is 0.633. The van der Waals surface area contributed by atoms with Crippen LogP contribution in [0.15, 0.2) is 17.5 Å². The van der Waals surface area contributed by atoms with Crippen molar-refractivity contribution >= 4 is 12.2 Å². The standard InChI is InChI=1S/C15H23N3O4/c1-15(2)8-21-13(22-9-15)4-5-17-12(14(19)20-3)6-11-7-16-10-18-11/h5,7,10,12-13H,4,6,8-9H2,1-3H3,(H,16,18)/t12-/m0/s1. The van der Waals surface area contributed by atoms with Gasteiger partial charge < -0.3 is 19.2 Å². The van der Waals surface area contributed by atoms with E-state index < -0.39 is 6.04 Å². The topological polar surface area (TPSA) is 85.8 Å². The molecule has 2 rings (SSSR count). The van der Waals surface area contributed by atoms with E-state index in [0.717, 1.165) is 5.69 Å². The maximum absolute atomic E-state index is 11.8. The summed E-state index contributed by atoms with van der Waals surface area (Å²) in [6, 6.07) is -0.592. The number of imidazole rings is 1. The summed E-state index contributed by atoms with van der Waals surface area (Å²) in [6.45, 7) is 5.49. The lowest BCUT2D eigenvalue weighted by molar-refractivity contribution is -0.217. The van der Waals surface area contributed by atoms with Gasteiger partial charge in [0.2, 0.25) is 0 Å². The Bertz CT molecular complexity index is 489. The van der Waals surface area contributed by atoms with Crippen LogP contribution in [0.1, 0.15) is 26.0 Å². The number of carbonyl (C=O) groups excluding carboxylic acids is 1. The maximum Gasteiger partial charge on any atom is 0.330 e. The molecule has 0 bridgehead atoms. The molecular formula is C15H23N3O4. The van der Waals surface area contributed by atoms with Crippen LogP contribution in [0.5, 0.6) is 0 Å². The third-order valence-corrected chi connectivity index (χ3v) is 3.34. The third-order valence-electron chi connectivity index (χ3n) is 3.34. The second kappa shape index (κ2) is 7.51. The number of aliphatic imine (C=N–C) groups is 1. The number of nitrogens with one attached hydrogen (secondary N) is 1. The predicted molar refractivity (Wildman–Crippen MR) is 80.7 cm³/mol. The summed E-state index contributed by atoms with van der Waals surface area (Å²) >= 11 is 0. The maximum atomic E-state index is 11.8. The first-order valence-corrected chi connectivity index (χ1v) is 7.30. The van der Waals surface area contributed by atoms with Crippen molar-refractivity contribution in [2.75, 3.05) is 20.3 Å². The second-order valence-electron chi connectivity index (χ2n) is 6.10. The van der Waals surface area contributed by atoms with Crippen LogP contribution in [0.4, 0.5) is 0 Å². The normalized spacial score (nSPS) is 20.1. The molecule has 1 N–H and O–H groups in total. The van der Waals surface area contributed by atoms with Gasteiger partial charge in [0.15, 0.2) is 12.3 Å². The van der Waals surface area contributed by atoms with Crippen molar-refractivity contribution in [3.05, 3.63) is 18.2 Å². The average Bonchev–Trinajstić information content (AvgIpc) is 3.00. The van der Waals surface area contributed by atoms with E-state index >= 15 is 0 Å². The first-order chi connectivity index (χ1) is 10.5. The Labute approximate surface area is 130 Å². The van der Waals surface area contributed by atoms with Crippen LogP contribution in [-0.2, 0) is 25.4 Å². The lowest BCUT2D eigenvalue weighted by Gasteiger charge is -2.34. The van der Waals surface area contributed by atoms with Crippen molar-refractivity contribution in [2.24, 2.45) is 10.4 Å². The molecule has 1 aliphatic rings. The third kappa shape index (κ3) is 4.92. The number of hydrogen-bond donors (Lipinski definition) is 1. The molecule has 1 atom stereocenters. The van der Waals surface area contributed by atoms with Gasteiger partial charge in [-0.1, -0.05) is 13.8 Å². The molecule has 0 aliphatic carbocycles. The molecule has 2 heterocycles. The van der Waals surface area contributed by atoms with Gasteiger partial charge in [-0.05, 0) is 0 Å². The Kier molecular flexibility index (Phi) is 5.68. The van der Waals surface area contributed by atoms with Gasteiger partial charge in [0.25, 0.3) is 0 Å². The van der Waals surface area contributed by atoms with Crippen LogP contribution in [-0.4, -0.2) is 54.8 Å². The van der Waals surface area contributed by atoms with Gasteiger partial charge in [-0.25, -0.2) is 9.78 Å². The molecular weight excluding hydrogens is 286 g/mol. The summed E-state index contributed by atoms with van der Waals surface area (Å²) in [7, 11) is 1.35. The molecule has 0 amide bonds. The summed E-state index contributed by atoms with van der Waals surface area (Å²) in [4.78, 5) is 22.9. The van der Waals surface area contributed by atoms with E-state index in [2.05, 4.69) is 28.8 Å². The summed E-state index contributed by atoms with van der Waals surface area (Å²) in [5.41, 5.74) is 0.877. The highest BCUT2D eigenvalue weighted by Crippen LogP contribution is 2.23. The molecule has 1 aliphatic heterocycles. The minimum absolute atomic E-state index is 0.0445. The van der Waals surface area contributed by atoms with E-state index in [-0.39, 0.29) is 17.7 Å². The molecule has 0 unspecified atom stereocenters. The minimum atomic E-state index is -0.592. The fraction of sp³-hybridized carbons (Fsp3) is 0.667. The number of rotatable bonds is 6. The number of esters is 1. The van der Waals surface area contributed by atoms with Crippen molar-refractivity contribution in [1.82, 2.24) is 9.97 Å². The van der Waals surface area contributed by atoms with Crippen LogP contribution < -0.4 is 0 Å². The first kappa shape index (κ1) is 16.6. The van der Waals surface area contributed by atoms with E-state index in [1.54, 1.807) is 18.7 Å². The van der Waals surface area contributed by atoms with Gasteiger partial charge in [0.05, 0.1) is 26.7 Å². The van der Waals surface area contributed by atoms with E-state index in [4.69, 9.17) is 14.2 Å². The molecule has 1 aromatic heterocycles. The highest BCUT2D eigenvalue weighted by molar-refractivity contribution is 5.78. The van der Waals surface area contributed by atoms with Crippen molar-refractivity contribution in [3.8, 4) is 0 Å². The van der Waals surface area contributed by atoms with Crippen LogP contribution in [0.2, 0.25) is 0 Å². The van der Waals surface area contributed by atoms with Gasteiger partial charge in [-0.15, -0.1) is 0 Å². The van der Waals surface area contributed by atoms with Crippen molar-refractivity contribution in [3.63, 3.8) is 0 Å². The molecule has 22 heavy (non-hydrogen) atoms. The molecule has 1 saturated heterocycles. The fourth-order valence-corrected chi connectivity index (χ4v) is 2.07. The summed E-state index contributed by atoms with van der Waals surface area (Å²) in [5, 5.41) is 0. The van der Waals surface area contributed by atoms with E-state index in [9.17, 15) is 4.79 Å². The largest absolute Gasteiger partial charge is 0.467 e. The molecule has 7 heteroatoms. The number of aromatic amines is 1. The van der Waals surface area contributed by atoms with Gasteiger partial charge in [0.1, 0.15) is 0 Å². The second-order valence-corrected chi connectivity index (χ2v) is 6.10. The number of aromatic nitrogens is 2. The zero-order valence-electron chi connectivity index (χ0n) is 13.2. The molecule has 7 nitrogen and oxygen atoms in total. The zero-order chi connectivity index (χ0) is 16.0. The summed E-state index contributed by atoms with van der Waals surface area (Å²) < 4.78 is 16.0. The molecule has 0 saturated carbocycles. The highest BCUT2D eigenvalue weighted by Gasteiger charge is 2.28. The van der Waals surface area contributed by atoms with Crippen molar-refractivity contribution in [1.29, 1.82) is 0 Å². The Morgan fingerprint density at radius 3 is 2.91 bits per heavy atom. The average molecular weight is 309 g/mol. The number of ether oxygens (including phenoxy) is 3. The number of hydrogen-bond acceptors (Lipinski definition) is 6. The number of H-pyrrole nitrogens is 1. The van der Waals surface area contributed by atoms with E-state index in [0.29, 0.717) is 26.1 Å². The summed E-state index contributed by atoms with van der Waals surface area (Å²) in [5.74, 6) is -0.377. The lowest BCUT2D eigenvalue weighted by atomic mass is 9.95. The van der Waals surface area contributed by atoms with Crippen LogP contribution in [0.3, 0.4) is 0 Å². The summed E-state index contributed by atoms with van der Waals surface area (Å²) in [6.07, 6.45) is 5.53. The van der Waals surface area contributed by atoms with Gasteiger partial charge in [0, 0.05) is 36.4 Å². The number of carbonyl (C=O) groups is 1. The monoisotopic (exact) mass is 309 g/mol. The van der Waals surface area contributed by atoms with E-state index in [1.165, 1.54) is 7.11 Å². The number of methoxy groups -OCH3 is 1. The van der Waals surface area contributed by atoms with Gasteiger partial charge >= 0.3 is 5.97 Å². The van der Waals surface area contributed by atoms with Crippen molar-refractivity contribution < 1.29 is 19.0 Å². The van der Waals surface area contributed by atoms with Crippen LogP contribution >= 0.6 is 0 Å². The number of nitrogens with zero attached hydrogens (tertiary/aromatic N) is 2. The van der Waals surface area contributed by atoms with Crippen LogP contribution in [0.25, 0.3) is 0 Å². The Morgan fingerprint density at radius 2 is 2.32 bits per heavy atom. The minimum Gasteiger partial charge on any atom is -0.467 e. The fourth-order valence-electron chi connectivity index (χ4n) is 2.07. The first-order valence-electron chi connectivity index (χ1n) is 7.30. The Balaban J connectivity index is 1.86. The van der Waals surface area contributed by atoms with E-state index in [1.807, 2.05) is 0 Å². The molecule has 1 aromatic rings. The van der Waals surface area contributed by atoms with Crippen molar-refractivity contribution in [2.45, 2.75) is 39.0 Å².